The third-order valence-electron chi connectivity index (χ3n) is 16.6. The number of phosphoric acid groups is 3. The van der Waals surface area contributed by atoms with Gasteiger partial charge in [0.25, 0.3) is 5.91 Å². The molecule has 2 aliphatic rings. The molecule has 28 heteroatoms. The molecule has 2 aromatic carbocycles. The minimum Gasteiger partial charge on any atom is -0.482 e. The van der Waals surface area contributed by atoms with Crippen molar-refractivity contribution in [3.05, 3.63) is 118 Å². The number of unbranched alkanes of at least 4 members (excludes halogenated alkanes) is 3. The Kier molecular flexibility index (Phi) is 34.6. The van der Waals surface area contributed by atoms with Crippen LogP contribution in [0.5, 0.6) is 5.75 Å². The Morgan fingerprint density at radius 2 is 1.26 bits per heavy atom. The summed E-state index contributed by atoms with van der Waals surface area (Å²) in [7, 11) is -11.9. The van der Waals surface area contributed by atoms with Crippen LogP contribution < -0.4 is 10.1 Å². The van der Waals surface area contributed by atoms with E-state index < -0.39 is 50.9 Å². The first-order valence-corrected chi connectivity index (χ1v) is 37.5. The highest BCUT2D eigenvalue weighted by atomic mass is 35.5. The van der Waals surface area contributed by atoms with Crippen molar-refractivity contribution in [2.24, 2.45) is 10.8 Å². The smallest absolute Gasteiger partial charge is 0.472 e. The molecule has 1 amide bonds. The molecule has 4 N–H and O–H groups in total. The first-order chi connectivity index (χ1) is 44.6. The van der Waals surface area contributed by atoms with Crippen molar-refractivity contribution >= 4 is 69.8 Å². The average Bonchev–Trinajstić information content (AvgIpc) is 1.61. The number of benzene rings is 2. The van der Waals surface area contributed by atoms with Gasteiger partial charge in [0.1, 0.15) is 10.8 Å². The van der Waals surface area contributed by atoms with E-state index in [4.69, 9.17) is 74.2 Å². The van der Waals surface area contributed by atoms with Crippen molar-refractivity contribution in [3.8, 4) is 5.75 Å². The van der Waals surface area contributed by atoms with Crippen molar-refractivity contribution in [2.45, 2.75) is 144 Å². The van der Waals surface area contributed by atoms with Crippen molar-refractivity contribution in [3.63, 3.8) is 0 Å². The van der Waals surface area contributed by atoms with Crippen LogP contribution in [0, 0.1) is 10.8 Å². The number of amides is 1. The molecule has 0 aliphatic carbocycles. The number of fused-ring (bicyclic) bond motifs is 1. The third kappa shape index (κ3) is 27.0. The number of rotatable bonds is 49. The summed E-state index contributed by atoms with van der Waals surface area (Å²) in [5.41, 5.74) is 2.31. The molecule has 0 spiro atoms. The number of likely N-dealkylation sites (tertiary alicyclic amines) is 1. The number of nitrogens with one attached hydrogen (secondary N) is 1. The van der Waals surface area contributed by atoms with Crippen LogP contribution in [0.4, 0.5) is 5.69 Å². The van der Waals surface area contributed by atoms with Crippen molar-refractivity contribution in [2.75, 3.05) is 119 Å². The number of carbonyl (C=O) groups excluding carboxylic acids is 2. The fraction of sp³-hybridized carbons (Fsp3) is 0.627. The molecule has 0 bridgehead atoms. The lowest BCUT2D eigenvalue weighted by Gasteiger charge is -2.29. The second-order valence-electron chi connectivity index (χ2n) is 25.4. The summed E-state index contributed by atoms with van der Waals surface area (Å²) in [6.45, 7) is 32.8. The van der Waals surface area contributed by atoms with Gasteiger partial charge < -0.3 is 53.3 Å². The van der Waals surface area contributed by atoms with E-state index in [2.05, 4.69) is 73.5 Å². The molecule has 0 radical (unpaired) electrons. The van der Waals surface area contributed by atoms with Crippen molar-refractivity contribution in [1.29, 1.82) is 0 Å². The van der Waals surface area contributed by atoms with E-state index in [-0.39, 0.29) is 80.3 Å². The quantitative estimate of drug-likeness (QED) is 0.0207. The highest BCUT2D eigenvalue weighted by molar-refractivity contribution is 7.48. The maximum absolute atomic E-state index is 13.2. The lowest BCUT2D eigenvalue weighted by molar-refractivity contribution is -0.441. The van der Waals surface area contributed by atoms with Crippen molar-refractivity contribution in [1.82, 2.24) is 10.2 Å². The molecule has 2 aliphatic heterocycles. The van der Waals surface area contributed by atoms with Crippen LogP contribution in [-0.2, 0) is 74.7 Å². The zero-order valence-electron chi connectivity index (χ0n) is 57.7. The monoisotopic (exact) mass is 1430 g/mol. The van der Waals surface area contributed by atoms with Crippen LogP contribution >= 0.6 is 46.7 Å². The fourth-order valence-corrected chi connectivity index (χ4v) is 13.4. The van der Waals surface area contributed by atoms with Crippen molar-refractivity contribution < 1.29 is 98.1 Å². The number of ether oxygens (including phenoxy) is 6. The molecule has 0 aromatic heterocycles. The maximum atomic E-state index is 13.2. The van der Waals surface area contributed by atoms with E-state index in [1.54, 1.807) is 32.9 Å². The summed E-state index contributed by atoms with van der Waals surface area (Å²) < 4.78 is 105. The zero-order valence-corrected chi connectivity index (χ0v) is 61.9. The van der Waals surface area contributed by atoms with E-state index in [0.717, 1.165) is 47.5 Å². The van der Waals surface area contributed by atoms with Crippen LogP contribution in [0.2, 0.25) is 10.0 Å². The van der Waals surface area contributed by atoms with Gasteiger partial charge in [0.2, 0.25) is 5.69 Å². The zero-order chi connectivity index (χ0) is 70.7. The SMILES string of the molecule is C=C/C=C1\C(=C)C(C)(C)/C(=C\C=C\C2=[N+](CCC(C)(C)OP(=O)(O)OCCOCCOCCOCCOCCOCCC(C)(CC)OP(=O)(O)OC)c3ccccc3C2(C)C)N1CCOP(=O)(O)OCCCCCCNC(=O)COc1ccc(C(=O)C(C)(C)CC)c(Cl)c1Cl. The Morgan fingerprint density at radius 3 is 1.86 bits per heavy atom. The Hall–Kier alpha value is -3.74. The fourth-order valence-electron chi connectivity index (χ4n) is 10.2. The first-order valence-electron chi connectivity index (χ1n) is 32.3. The van der Waals surface area contributed by atoms with Crippen LogP contribution in [0.1, 0.15) is 143 Å². The summed E-state index contributed by atoms with van der Waals surface area (Å²) in [6, 6.07) is 11.2. The third-order valence-corrected chi connectivity index (χ3v) is 20.8. The number of hydrogen-bond acceptors (Lipinski definition) is 18. The predicted octanol–water partition coefficient (Wildman–Crippen LogP) is 14.0. The first kappa shape index (κ1) is 83.7. The Bertz CT molecular complexity index is 3130. The van der Waals surface area contributed by atoms with Gasteiger partial charge in [0.15, 0.2) is 24.6 Å². The standard InChI is InChI=1S/C67H104Cl2N3O20P3/c1-15-25-54-51(4)65(9,10)57(72(54)36-39-89-94(77,78)88-37-23-19-18-22-34-70-59(73)50-87-56-31-30-52(60(68)61(56)69)62(74)63(5,6)16-2)28-24-29-58-66(11,12)53-26-20-21-27-55(53)71(58)35-32-64(7,8)91-95(79,80)90-49-48-86-47-46-85-45-44-84-43-42-83-41-40-82-38-33-67(13,17-3)92-93(75,76)81-14/h15,20-21,24-31H,1,4,16-19,22-23,32-50H2,2-3,5-14H3,(H3-,70,73,75,76,77,78,79,80)/p+1/b54-25+. The van der Waals surface area contributed by atoms with Crippen LogP contribution in [0.3, 0.4) is 0 Å². The Balaban J connectivity index is 1.19. The second kappa shape index (κ2) is 39.3. The van der Waals surface area contributed by atoms with Gasteiger partial charge in [-0.05, 0) is 90.2 Å². The Morgan fingerprint density at radius 1 is 0.684 bits per heavy atom. The molecule has 23 nitrogen and oxygen atoms in total. The molecule has 2 aromatic rings. The van der Waals surface area contributed by atoms with E-state index in [1.807, 2.05) is 63.0 Å². The second-order valence-corrected chi connectivity index (χ2v) is 30.5. The molecule has 0 saturated carbocycles. The number of halogens is 2. The molecule has 536 valence electrons. The van der Waals surface area contributed by atoms with Gasteiger partial charge in [-0.2, -0.15) is 4.58 Å². The minimum absolute atomic E-state index is 0.00904. The van der Waals surface area contributed by atoms with Gasteiger partial charge in [-0.25, -0.2) is 13.7 Å². The van der Waals surface area contributed by atoms with E-state index >= 15 is 0 Å². The number of ketones is 1. The maximum Gasteiger partial charge on any atom is 0.472 e. The summed E-state index contributed by atoms with van der Waals surface area (Å²) in [4.78, 5) is 58.6. The number of hydrogen-bond donors (Lipinski definition) is 4. The number of phosphoric ester groups is 3. The molecule has 1 fully saturated rings. The lowest BCUT2D eigenvalue weighted by atomic mass is 9.81. The molecule has 4 rings (SSSR count). The molecule has 4 unspecified atom stereocenters. The lowest BCUT2D eigenvalue weighted by Crippen LogP contribution is -2.31. The highest BCUT2D eigenvalue weighted by Gasteiger charge is 2.46. The van der Waals surface area contributed by atoms with Crippen LogP contribution in [-0.4, -0.2) is 172 Å². The summed E-state index contributed by atoms with van der Waals surface area (Å²) in [5, 5.41) is 2.94. The number of allylic oxidation sites excluding steroid dienone is 7. The highest BCUT2D eigenvalue weighted by Crippen LogP contribution is 2.52. The molecular weight excluding hydrogens is 1330 g/mol. The van der Waals surface area contributed by atoms with E-state index in [0.29, 0.717) is 110 Å². The molecule has 95 heavy (non-hydrogen) atoms. The minimum atomic E-state index is -4.50. The van der Waals surface area contributed by atoms with Crippen LogP contribution in [0.25, 0.3) is 0 Å². The average molecular weight is 1440 g/mol. The van der Waals surface area contributed by atoms with Gasteiger partial charge in [-0.1, -0.05) is 121 Å². The van der Waals surface area contributed by atoms with Gasteiger partial charge in [0, 0.05) is 85.1 Å². The van der Waals surface area contributed by atoms with Gasteiger partial charge in [-0.15, -0.1) is 0 Å². The number of nitrogens with zero attached hydrogens (tertiary/aromatic N) is 2. The largest absolute Gasteiger partial charge is 0.482 e. The number of Topliss-reactive ketones (excluding diaryl/α,β-unsaturated/α-hetero) is 1. The van der Waals surface area contributed by atoms with E-state index in [9.17, 15) is 38.0 Å². The summed E-state index contributed by atoms with van der Waals surface area (Å²) >= 11 is 12.8. The molecule has 1 saturated heterocycles. The van der Waals surface area contributed by atoms with Crippen LogP contribution in [0.15, 0.2) is 96.9 Å². The van der Waals surface area contributed by atoms with Gasteiger partial charge in [0.05, 0.1) is 101 Å². The van der Waals surface area contributed by atoms with Gasteiger partial charge in [-0.3, -0.25) is 36.7 Å². The topological polar surface area (TPSA) is 275 Å². The van der Waals surface area contributed by atoms with E-state index in [1.165, 1.54) is 6.07 Å². The van der Waals surface area contributed by atoms with Gasteiger partial charge >= 0.3 is 23.5 Å². The summed E-state index contributed by atoms with van der Waals surface area (Å²) in [6.07, 6.45) is 14.0. The predicted molar refractivity (Wildman–Crippen MR) is 369 cm³/mol. The molecule has 4 atom stereocenters. The molecule has 2 heterocycles. The number of carbonyl (C=O) groups is 2. The number of para-hydroxylation sites is 1. The normalized spacial score (nSPS) is 18.3. The summed E-state index contributed by atoms with van der Waals surface area (Å²) in [5.74, 6) is -0.298. The Labute approximate surface area is 573 Å². The molecular formula is C67H105Cl2N3O20P3+.